The van der Waals surface area contributed by atoms with Gasteiger partial charge in [-0.25, -0.2) is 0 Å². The van der Waals surface area contributed by atoms with E-state index in [1.807, 2.05) is 0 Å². The van der Waals surface area contributed by atoms with Crippen LogP contribution in [-0.4, -0.2) is 104 Å². The summed E-state index contributed by atoms with van der Waals surface area (Å²) in [5.41, 5.74) is 0. The van der Waals surface area contributed by atoms with Crippen LogP contribution in [-0.2, 0) is 14.2 Å². The van der Waals surface area contributed by atoms with Gasteiger partial charge in [-0.2, -0.15) is 0 Å². The molecular formula is C12H22O10. The van der Waals surface area contributed by atoms with E-state index in [0.29, 0.717) is 0 Å². The first-order valence-corrected chi connectivity index (χ1v) is 6.93. The largest absolute Gasteiger partial charge is 0.388 e. The Morgan fingerprint density at radius 3 is 1.95 bits per heavy atom. The highest BCUT2D eigenvalue weighted by Gasteiger charge is 2.45. The van der Waals surface area contributed by atoms with Gasteiger partial charge in [-0.05, 0) is 6.92 Å². The number of aliphatic hydroxyl groups is 7. The van der Waals surface area contributed by atoms with Crippen LogP contribution in [0.5, 0.6) is 0 Å². The van der Waals surface area contributed by atoms with Crippen molar-refractivity contribution in [2.24, 2.45) is 0 Å². The molecule has 0 aromatic carbocycles. The van der Waals surface area contributed by atoms with Crippen LogP contribution in [0.2, 0.25) is 0 Å². The summed E-state index contributed by atoms with van der Waals surface area (Å²) >= 11 is 0. The van der Waals surface area contributed by atoms with Gasteiger partial charge < -0.3 is 50.0 Å². The standard InChI is InChI=1S/C12H22O10/c1-3-5(13)7(15)10(18)12(21-3)20-2-4-6(14)8(16)9(17)11(19)22-4/h3-19H,2H2,1H3/t3-,4+,5+,6+,7+,8-,9+,10-,11-,12-/m0/s1. The van der Waals surface area contributed by atoms with Crippen molar-refractivity contribution in [1.82, 2.24) is 0 Å². The zero-order chi connectivity index (χ0) is 16.6. The van der Waals surface area contributed by atoms with Crippen molar-refractivity contribution in [1.29, 1.82) is 0 Å². The van der Waals surface area contributed by atoms with Gasteiger partial charge in [0.25, 0.3) is 0 Å². The number of hydrogen-bond acceptors (Lipinski definition) is 10. The summed E-state index contributed by atoms with van der Waals surface area (Å²) in [6.07, 6.45) is -14.0. The van der Waals surface area contributed by atoms with Crippen LogP contribution in [0.4, 0.5) is 0 Å². The van der Waals surface area contributed by atoms with Crippen molar-refractivity contribution in [3.63, 3.8) is 0 Å². The first-order valence-electron chi connectivity index (χ1n) is 6.93. The minimum absolute atomic E-state index is 0.390. The maximum atomic E-state index is 9.76. The zero-order valence-electron chi connectivity index (χ0n) is 11.8. The summed E-state index contributed by atoms with van der Waals surface area (Å²) in [6.45, 7) is 1.09. The van der Waals surface area contributed by atoms with Crippen molar-refractivity contribution < 1.29 is 50.0 Å². The Balaban J connectivity index is 1.92. The minimum atomic E-state index is -1.70. The van der Waals surface area contributed by atoms with Gasteiger partial charge >= 0.3 is 0 Å². The van der Waals surface area contributed by atoms with E-state index in [4.69, 9.17) is 14.2 Å². The fourth-order valence-corrected chi connectivity index (χ4v) is 2.41. The lowest BCUT2D eigenvalue weighted by Crippen LogP contribution is -2.60. The van der Waals surface area contributed by atoms with Crippen LogP contribution in [0.1, 0.15) is 6.92 Å². The van der Waals surface area contributed by atoms with E-state index in [1.165, 1.54) is 6.92 Å². The van der Waals surface area contributed by atoms with E-state index in [-0.39, 0.29) is 6.61 Å². The van der Waals surface area contributed by atoms with Gasteiger partial charge in [-0.3, -0.25) is 0 Å². The van der Waals surface area contributed by atoms with Crippen LogP contribution in [0, 0.1) is 0 Å². The Kier molecular flexibility index (Phi) is 5.72. The van der Waals surface area contributed by atoms with E-state index in [2.05, 4.69) is 0 Å². The van der Waals surface area contributed by atoms with Crippen LogP contribution >= 0.6 is 0 Å². The molecule has 2 saturated heterocycles. The fourth-order valence-electron chi connectivity index (χ4n) is 2.41. The molecule has 7 N–H and O–H groups in total. The Labute approximate surface area is 126 Å². The predicted molar refractivity (Wildman–Crippen MR) is 67.2 cm³/mol. The normalized spacial score (nSPS) is 53.5. The van der Waals surface area contributed by atoms with Gasteiger partial charge in [-0.1, -0.05) is 0 Å². The molecule has 0 unspecified atom stereocenters. The molecular weight excluding hydrogens is 304 g/mol. The lowest BCUT2D eigenvalue weighted by Gasteiger charge is -2.41. The summed E-state index contributed by atoms with van der Waals surface area (Å²) in [6, 6.07) is 0. The van der Waals surface area contributed by atoms with E-state index in [1.54, 1.807) is 0 Å². The molecule has 0 aromatic heterocycles. The number of aliphatic hydroxyl groups excluding tert-OH is 7. The Morgan fingerprint density at radius 1 is 0.727 bits per heavy atom. The van der Waals surface area contributed by atoms with E-state index < -0.39 is 61.4 Å². The third-order valence-electron chi connectivity index (χ3n) is 3.92. The van der Waals surface area contributed by atoms with Gasteiger partial charge in [0.1, 0.15) is 42.7 Å². The molecule has 130 valence electrons. The SMILES string of the molecule is C[C@@H]1O[C@H](OC[C@H]2O[C@H](O)[C@H](O)[C@@H](O)[C@@H]2O)[C@@H](O)[C@H](O)[C@@H]1O. The second kappa shape index (κ2) is 7.01. The van der Waals surface area contributed by atoms with Crippen molar-refractivity contribution in [3.05, 3.63) is 0 Å². The van der Waals surface area contributed by atoms with Crippen LogP contribution in [0.15, 0.2) is 0 Å². The highest BCUT2D eigenvalue weighted by Crippen LogP contribution is 2.24. The smallest absolute Gasteiger partial charge is 0.186 e. The molecule has 0 saturated carbocycles. The van der Waals surface area contributed by atoms with Gasteiger partial charge in [0.05, 0.1) is 12.7 Å². The average molecular weight is 326 g/mol. The maximum Gasteiger partial charge on any atom is 0.186 e. The molecule has 10 atom stereocenters. The van der Waals surface area contributed by atoms with E-state index in [9.17, 15) is 35.7 Å². The molecule has 0 aromatic rings. The van der Waals surface area contributed by atoms with Crippen molar-refractivity contribution in [2.75, 3.05) is 6.61 Å². The highest BCUT2D eigenvalue weighted by molar-refractivity contribution is 4.90. The maximum absolute atomic E-state index is 9.76. The third-order valence-corrected chi connectivity index (χ3v) is 3.92. The van der Waals surface area contributed by atoms with Crippen LogP contribution in [0.25, 0.3) is 0 Å². The molecule has 10 heteroatoms. The van der Waals surface area contributed by atoms with Crippen molar-refractivity contribution >= 4 is 0 Å². The monoisotopic (exact) mass is 326 g/mol. The molecule has 22 heavy (non-hydrogen) atoms. The van der Waals surface area contributed by atoms with Crippen LogP contribution < -0.4 is 0 Å². The first-order chi connectivity index (χ1) is 10.2. The number of ether oxygens (including phenoxy) is 3. The van der Waals surface area contributed by atoms with E-state index >= 15 is 0 Å². The zero-order valence-corrected chi connectivity index (χ0v) is 11.8. The molecule has 2 aliphatic rings. The molecule has 0 aliphatic carbocycles. The number of rotatable bonds is 3. The highest BCUT2D eigenvalue weighted by atomic mass is 16.7. The molecule has 0 bridgehead atoms. The second-order valence-electron chi connectivity index (χ2n) is 5.55. The van der Waals surface area contributed by atoms with Crippen molar-refractivity contribution in [2.45, 2.75) is 68.3 Å². The summed E-state index contributed by atoms with van der Waals surface area (Å²) in [5.74, 6) is 0. The fraction of sp³-hybridized carbons (Fsp3) is 1.00. The van der Waals surface area contributed by atoms with E-state index in [0.717, 1.165) is 0 Å². The molecule has 2 aliphatic heterocycles. The molecule has 2 heterocycles. The topological polar surface area (TPSA) is 169 Å². The number of hydrogen-bond donors (Lipinski definition) is 7. The molecule has 2 fully saturated rings. The Hall–Kier alpha value is -0.400. The molecule has 10 nitrogen and oxygen atoms in total. The Morgan fingerprint density at radius 2 is 1.32 bits per heavy atom. The molecule has 0 radical (unpaired) electrons. The van der Waals surface area contributed by atoms with Gasteiger partial charge in [0.2, 0.25) is 0 Å². The summed E-state index contributed by atoms with van der Waals surface area (Å²) < 4.78 is 15.3. The second-order valence-corrected chi connectivity index (χ2v) is 5.55. The molecule has 2 rings (SSSR count). The first kappa shape index (κ1) is 17.9. The van der Waals surface area contributed by atoms with Gasteiger partial charge in [-0.15, -0.1) is 0 Å². The summed E-state index contributed by atoms with van der Waals surface area (Å²) in [7, 11) is 0. The molecule has 0 amide bonds. The van der Waals surface area contributed by atoms with Gasteiger partial charge in [0, 0.05) is 0 Å². The van der Waals surface area contributed by atoms with Gasteiger partial charge in [0.15, 0.2) is 12.6 Å². The molecule has 0 spiro atoms. The predicted octanol–water partition coefficient (Wildman–Crippen LogP) is -4.37. The average Bonchev–Trinajstić information content (AvgIpc) is 2.49. The minimum Gasteiger partial charge on any atom is -0.388 e. The summed E-state index contributed by atoms with van der Waals surface area (Å²) in [4.78, 5) is 0. The third kappa shape index (κ3) is 3.41. The summed E-state index contributed by atoms with van der Waals surface area (Å²) in [5, 5.41) is 67.0. The van der Waals surface area contributed by atoms with Crippen LogP contribution in [0.3, 0.4) is 0 Å². The Bertz CT molecular complexity index is 334. The van der Waals surface area contributed by atoms with Crippen molar-refractivity contribution in [3.8, 4) is 0 Å². The lowest BCUT2D eigenvalue weighted by atomic mass is 9.99. The lowest BCUT2D eigenvalue weighted by molar-refractivity contribution is -0.322. The quantitative estimate of drug-likeness (QED) is 0.269.